The highest BCUT2D eigenvalue weighted by molar-refractivity contribution is 7.90. The molecule has 0 aromatic heterocycles. The van der Waals surface area contributed by atoms with Crippen molar-refractivity contribution in [2.24, 2.45) is 0 Å². The van der Waals surface area contributed by atoms with E-state index in [1.807, 2.05) is 26.8 Å². The number of hydrogen-bond donors (Lipinski definition) is 0. The number of hydrogen-bond acceptors (Lipinski definition) is 5. The van der Waals surface area contributed by atoms with Gasteiger partial charge in [0.2, 0.25) is 0 Å². The molecule has 0 heterocycles. The summed E-state index contributed by atoms with van der Waals surface area (Å²) in [5.74, 6) is -1.08. The number of rotatable bonds is 7. The first-order chi connectivity index (χ1) is 14.7. The van der Waals surface area contributed by atoms with Crippen molar-refractivity contribution in [2.45, 2.75) is 31.4 Å². The Balaban J connectivity index is 1.61. The van der Waals surface area contributed by atoms with E-state index in [-0.39, 0.29) is 28.6 Å². The summed E-state index contributed by atoms with van der Waals surface area (Å²) in [5, 5.41) is 0. The minimum absolute atomic E-state index is 0.170. The summed E-state index contributed by atoms with van der Waals surface area (Å²) in [6, 6.07) is 18.2. The lowest BCUT2D eigenvalue weighted by Gasteiger charge is -2.08. The lowest BCUT2D eigenvalue weighted by atomic mass is 10.0. The topological polar surface area (TPSA) is 77.5 Å². The molecule has 5 nitrogen and oxygen atoms in total. The van der Waals surface area contributed by atoms with Gasteiger partial charge in [0.25, 0.3) is 0 Å². The standard InChI is InChI=1S/C25H24O5S/c1-17-4-12-23(13-5-17)31(28,29)16-20-7-10-21(11-8-20)25(27)30-15-24(26)22-9-6-18(2)19(3)14-22/h4-14H,15-16H2,1-3H3. The molecule has 0 bridgehead atoms. The Morgan fingerprint density at radius 2 is 1.39 bits per heavy atom. The molecule has 31 heavy (non-hydrogen) atoms. The van der Waals surface area contributed by atoms with Crippen molar-refractivity contribution in [1.82, 2.24) is 0 Å². The number of esters is 1. The fourth-order valence-electron chi connectivity index (χ4n) is 3.00. The maximum Gasteiger partial charge on any atom is 0.338 e. The van der Waals surface area contributed by atoms with E-state index >= 15 is 0 Å². The maximum atomic E-state index is 12.6. The Kier molecular flexibility index (Phi) is 6.71. The predicted octanol–water partition coefficient (Wildman–Crippen LogP) is 4.63. The highest BCUT2D eigenvalue weighted by Crippen LogP contribution is 2.18. The molecule has 0 spiro atoms. The molecule has 0 radical (unpaired) electrons. The van der Waals surface area contributed by atoms with Gasteiger partial charge in [-0.2, -0.15) is 0 Å². The van der Waals surface area contributed by atoms with Gasteiger partial charge in [-0.05, 0) is 67.8 Å². The van der Waals surface area contributed by atoms with Gasteiger partial charge >= 0.3 is 5.97 Å². The molecular weight excluding hydrogens is 412 g/mol. The van der Waals surface area contributed by atoms with E-state index in [2.05, 4.69) is 0 Å². The maximum absolute atomic E-state index is 12.6. The van der Waals surface area contributed by atoms with Crippen LogP contribution in [-0.4, -0.2) is 26.8 Å². The Labute approximate surface area is 182 Å². The average molecular weight is 437 g/mol. The van der Waals surface area contributed by atoms with Crippen LogP contribution in [0.3, 0.4) is 0 Å². The van der Waals surface area contributed by atoms with Crippen LogP contribution < -0.4 is 0 Å². The summed E-state index contributed by atoms with van der Waals surface area (Å²) >= 11 is 0. The van der Waals surface area contributed by atoms with E-state index in [0.29, 0.717) is 11.1 Å². The van der Waals surface area contributed by atoms with Gasteiger partial charge < -0.3 is 4.74 Å². The quantitative estimate of drug-likeness (QED) is 0.399. The molecule has 3 aromatic rings. The smallest absolute Gasteiger partial charge is 0.338 e. The number of aryl methyl sites for hydroxylation is 3. The molecule has 0 unspecified atom stereocenters. The summed E-state index contributed by atoms with van der Waals surface area (Å²) < 4.78 is 30.2. The minimum atomic E-state index is -3.48. The highest BCUT2D eigenvalue weighted by atomic mass is 32.2. The molecular formula is C25H24O5S. The summed E-state index contributed by atoms with van der Waals surface area (Å²) in [6.45, 7) is 5.41. The molecule has 160 valence electrons. The van der Waals surface area contributed by atoms with Crippen molar-refractivity contribution >= 4 is 21.6 Å². The number of Topliss-reactive ketones (excluding diaryl/α,β-unsaturated/α-hetero) is 1. The summed E-state index contributed by atoms with van der Waals surface area (Å²) in [5.41, 5.74) is 4.37. The van der Waals surface area contributed by atoms with Crippen LogP contribution in [-0.2, 0) is 20.3 Å². The third kappa shape index (κ3) is 5.67. The summed E-state index contributed by atoms with van der Waals surface area (Å²) in [6.07, 6.45) is 0. The zero-order valence-corrected chi connectivity index (χ0v) is 18.5. The Bertz CT molecular complexity index is 1210. The van der Waals surface area contributed by atoms with Gasteiger partial charge in [-0.3, -0.25) is 4.79 Å². The van der Waals surface area contributed by atoms with E-state index in [1.54, 1.807) is 48.5 Å². The van der Waals surface area contributed by atoms with E-state index in [4.69, 9.17) is 4.74 Å². The van der Waals surface area contributed by atoms with Gasteiger partial charge in [-0.25, -0.2) is 13.2 Å². The van der Waals surface area contributed by atoms with E-state index in [9.17, 15) is 18.0 Å². The molecule has 0 saturated carbocycles. The highest BCUT2D eigenvalue weighted by Gasteiger charge is 2.16. The number of ketones is 1. The molecule has 3 rings (SSSR count). The molecule has 0 aliphatic carbocycles. The number of benzene rings is 3. The third-order valence-electron chi connectivity index (χ3n) is 5.09. The molecule has 6 heteroatoms. The number of ether oxygens (including phenoxy) is 1. The minimum Gasteiger partial charge on any atom is -0.454 e. The van der Waals surface area contributed by atoms with Crippen LogP contribution in [0.5, 0.6) is 0 Å². The van der Waals surface area contributed by atoms with Crippen LogP contribution in [0.1, 0.15) is 43.0 Å². The molecule has 0 atom stereocenters. The monoisotopic (exact) mass is 436 g/mol. The van der Waals surface area contributed by atoms with Crippen LogP contribution in [0.25, 0.3) is 0 Å². The van der Waals surface area contributed by atoms with Crippen molar-refractivity contribution in [3.8, 4) is 0 Å². The number of carbonyl (C=O) groups is 2. The van der Waals surface area contributed by atoms with Crippen molar-refractivity contribution in [3.05, 3.63) is 100 Å². The molecule has 0 saturated heterocycles. The van der Waals surface area contributed by atoms with Crippen molar-refractivity contribution in [1.29, 1.82) is 0 Å². The van der Waals surface area contributed by atoms with Crippen LogP contribution in [0.15, 0.2) is 71.6 Å². The summed E-state index contributed by atoms with van der Waals surface area (Å²) in [7, 11) is -3.48. The van der Waals surface area contributed by atoms with Crippen LogP contribution in [0.2, 0.25) is 0 Å². The molecule has 0 amide bonds. The van der Waals surface area contributed by atoms with Gasteiger partial charge in [-0.15, -0.1) is 0 Å². The summed E-state index contributed by atoms with van der Waals surface area (Å²) in [4.78, 5) is 24.8. The zero-order chi connectivity index (χ0) is 22.6. The lowest BCUT2D eigenvalue weighted by Crippen LogP contribution is -2.14. The molecule has 0 fully saturated rings. The molecule has 3 aromatic carbocycles. The first-order valence-corrected chi connectivity index (χ1v) is 11.5. The lowest BCUT2D eigenvalue weighted by molar-refractivity contribution is 0.0474. The predicted molar refractivity (Wildman–Crippen MR) is 119 cm³/mol. The number of carbonyl (C=O) groups excluding carboxylic acids is 2. The molecule has 0 N–H and O–H groups in total. The fourth-order valence-corrected chi connectivity index (χ4v) is 4.35. The largest absolute Gasteiger partial charge is 0.454 e. The molecule has 0 aliphatic rings. The van der Waals surface area contributed by atoms with Crippen LogP contribution in [0.4, 0.5) is 0 Å². The van der Waals surface area contributed by atoms with Crippen molar-refractivity contribution < 1.29 is 22.7 Å². The van der Waals surface area contributed by atoms with Crippen molar-refractivity contribution in [2.75, 3.05) is 6.61 Å². The Morgan fingerprint density at radius 1 is 0.774 bits per heavy atom. The van der Waals surface area contributed by atoms with Gasteiger partial charge in [0.15, 0.2) is 22.2 Å². The van der Waals surface area contributed by atoms with Gasteiger partial charge in [0, 0.05) is 5.56 Å². The van der Waals surface area contributed by atoms with Crippen LogP contribution >= 0.6 is 0 Å². The first-order valence-electron chi connectivity index (χ1n) is 9.82. The average Bonchev–Trinajstić information content (AvgIpc) is 2.74. The van der Waals surface area contributed by atoms with Crippen LogP contribution in [0, 0.1) is 20.8 Å². The van der Waals surface area contributed by atoms with Gasteiger partial charge in [0.05, 0.1) is 16.2 Å². The SMILES string of the molecule is Cc1ccc(S(=O)(=O)Cc2ccc(C(=O)OCC(=O)c3ccc(C)c(C)c3)cc2)cc1. The zero-order valence-electron chi connectivity index (χ0n) is 17.7. The fraction of sp³-hybridized carbons (Fsp3) is 0.200. The second kappa shape index (κ2) is 9.27. The number of sulfone groups is 1. The Morgan fingerprint density at radius 3 is 2.00 bits per heavy atom. The normalized spacial score (nSPS) is 11.2. The first kappa shape index (κ1) is 22.4. The second-order valence-corrected chi connectivity index (χ2v) is 9.56. The molecule has 0 aliphatic heterocycles. The van der Waals surface area contributed by atoms with Gasteiger partial charge in [0.1, 0.15) is 0 Å². The van der Waals surface area contributed by atoms with E-state index < -0.39 is 15.8 Å². The third-order valence-corrected chi connectivity index (χ3v) is 6.79. The van der Waals surface area contributed by atoms with Crippen molar-refractivity contribution in [3.63, 3.8) is 0 Å². The Hall–Kier alpha value is -3.25. The van der Waals surface area contributed by atoms with E-state index in [0.717, 1.165) is 16.7 Å². The van der Waals surface area contributed by atoms with Gasteiger partial charge in [-0.1, -0.05) is 42.0 Å². The van der Waals surface area contributed by atoms with E-state index in [1.165, 1.54) is 12.1 Å². The second-order valence-electron chi connectivity index (χ2n) is 7.57.